The molecule has 4 aliphatic carbocycles. The van der Waals surface area contributed by atoms with Crippen LogP contribution in [0, 0.1) is 31.6 Å². The first kappa shape index (κ1) is 18.7. The first-order chi connectivity index (χ1) is 12.8. The van der Waals surface area contributed by atoms with Crippen LogP contribution in [0.15, 0.2) is 0 Å². The van der Waals surface area contributed by atoms with Crippen molar-refractivity contribution in [3.8, 4) is 0 Å². The fourth-order valence-electron chi connectivity index (χ4n) is 6.53. The molecule has 2 N–H and O–H groups in total. The van der Waals surface area contributed by atoms with Gasteiger partial charge in [-0.1, -0.05) is 0 Å². The maximum absolute atomic E-state index is 13.2. The lowest BCUT2D eigenvalue weighted by Crippen LogP contribution is -2.61. The summed E-state index contributed by atoms with van der Waals surface area (Å²) in [6, 6.07) is -0.256. The number of hydrogen-bond donors (Lipinski definition) is 2. The second-order valence-electron chi connectivity index (χ2n) is 9.27. The SMILES string of the molecule is CCOC(=O)c1c(C)[nH]c(C(=O)[C@@H](C)NC23CC4CC(CC(C4)C2)C3)c1C. The molecular weight excluding hydrogens is 340 g/mol. The highest BCUT2D eigenvalue weighted by Crippen LogP contribution is 2.55. The van der Waals surface area contributed by atoms with E-state index in [9.17, 15) is 9.59 Å². The number of rotatable bonds is 6. The fourth-order valence-corrected chi connectivity index (χ4v) is 6.53. The van der Waals surface area contributed by atoms with Crippen LogP contribution in [0.2, 0.25) is 0 Å². The van der Waals surface area contributed by atoms with E-state index in [1.807, 2.05) is 20.8 Å². The molecule has 0 spiro atoms. The van der Waals surface area contributed by atoms with Crippen molar-refractivity contribution in [2.45, 2.75) is 77.8 Å². The molecule has 0 saturated heterocycles. The van der Waals surface area contributed by atoms with Gasteiger partial charge >= 0.3 is 5.97 Å². The van der Waals surface area contributed by atoms with E-state index >= 15 is 0 Å². The largest absolute Gasteiger partial charge is 0.462 e. The minimum atomic E-state index is -0.357. The molecule has 27 heavy (non-hydrogen) atoms. The summed E-state index contributed by atoms with van der Waals surface area (Å²) in [6.45, 7) is 7.75. The average molecular weight is 373 g/mol. The predicted molar refractivity (Wildman–Crippen MR) is 104 cm³/mol. The lowest BCUT2D eigenvalue weighted by molar-refractivity contribution is -0.0232. The molecule has 0 amide bonds. The van der Waals surface area contributed by atoms with Gasteiger partial charge in [-0.15, -0.1) is 0 Å². The minimum Gasteiger partial charge on any atom is -0.462 e. The van der Waals surface area contributed by atoms with E-state index in [-0.39, 0.29) is 23.3 Å². The van der Waals surface area contributed by atoms with Crippen LogP contribution in [0.3, 0.4) is 0 Å². The maximum Gasteiger partial charge on any atom is 0.340 e. The average Bonchev–Trinajstić information content (AvgIpc) is 2.87. The van der Waals surface area contributed by atoms with E-state index in [1.54, 1.807) is 6.92 Å². The molecule has 0 unspecified atom stereocenters. The number of ether oxygens (including phenoxy) is 1. The maximum atomic E-state index is 13.2. The van der Waals surface area contributed by atoms with Crippen LogP contribution in [-0.2, 0) is 4.74 Å². The third kappa shape index (κ3) is 3.24. The molecule has 0 aliphatic heterocycles. The van der Waals surface area contributed by atoms with Crippen molar-refractivity contribution < 1.29 is 14.3 Å². The number of aromatic nitrogens is 1. The summed E-state index contributed by atoms with van der Waals surface area (Å²) in [6.07, 6.45) is 7.82. The van der Waals surface area contributed by atoms with Gasteiger partial charge in [-0.3, -0.25) is 4.79 Å². The molecule has 5 rings (SSSR count). The Balaban J connectivity index is 1.52. The number of aromatic amines is 1. The van der Waals surface area contributed by atoms with E-state index in [4.69, 9.17) is 4.74 Å². The number of nitrogens with one attached hydrogen (secondary N) is 2. The van der Waals surface area contributed by atoms with Crippen LogP contribution in [0.1, 0.15) is 84.5 Å². The summed E-state index contributed by atoms with van der Waals surface area (Å²) in [5, 5.41) is 3.75. The van der Waals surface area contributed by atoms with E-state index in [1.165, 1.54) is 38.5 Å². The Bertz CT molecular complexity index is 729. The Morgan fingerprint density at radius 3 is 2.22 bits per heavy atom. The van der Waals surface area contributed by atoms with Gasteiger partial charge in [0.05, 0.1) is 23.9 Å². The zero-order chi connectivity index (χ0) is 19.3. The second-order valence-corrected chi connectivity index (χ2v) is 9.27. The van der Waals surface area contributed by atoms with Crippen LogP contribution in [0.25, 0.3) is 0 Å². The van der Waals surface area contributed by atoms with E-state index in [0.717, 1.165) is 17.8 Å². The van der Waals surface area contributed by atoms with Crippen molar-refractivity contribution in [1.82, 2.24) is 10.3 Å². The molecule has 1 aromatic rings. The summed E-state index contributed by atoms with van der Waals surface area (Å²) < 4.78 is 5.15. The third-order valence-corrected chi connectivity index (χ3v) is 7.12. The lowest BCUT2D eigenvalue weighted by atomic mass is 9.53. The van der Waals surface area contributed by atoms with Crippen molar-refractivity contribution in [2.24, 2.45) is 17.8 Å². The molecule has 0 aromatic carbocycles. The molecular formula is C22H32N2O3. The topological polar surface area (TPSA) is 71.2 Å². The van der Waals surface area contributed by atoms with Gasteiger partial charge in [-0.05, 0) is 89.5 Å². The van der Waals surface area contributed by atoms with Crippen LogP contribution in [0.4, 0.5) is 0 Å². The van der Waals surface area contributed by atoms with Gasteiger partial charge in [0.1, 0.15) is 0 Å². The van der Waals surface area contributed by atoms with Crippen LogP contribution >= 0.6 is 0 Å². The molecule has 4 saturated carbocycles. The van der Waals surface area contributed by atoms with Gasteiger partial charge in [-0.2, -0.15) is 0 Å². The molecule has 4 fully saturated rings. The number of aryl methyl sites for hydroxylation is 1. The Hall–Kier alpha value is -1.62. The molecule has 148 valence electrons. The third-order valence-electron chi connectivity index (χ3n) is 7.12. The van der Waals surface area contributed by atoms with Gasteiger partial charge in [0, 0.05) is 11.2 Å². The number of hydrogen-bond acceptors (Lipinski definition) is 4. The standard InChI is InChI=1S/C22H32N2O3/c1-5-27-21(26)18-12(2)19(23-13(18)3)20(25)14(4)24-22-9-15-6-16(10-22)8-17(7-15)11-22/h14-17,23-24H,5-11H2,1-4H3/t14-,15?,16?,17?,22?/m1/s1. The molecule has 4 aliphatic rings. The normalized spacial score (nSPS) is 32.5. The molecule has 5 nitrogen and oxygen atoms in total. The molecule has 1 atom stereocenters. The summed E-state index contributed by atoms with van der Waals surface area (Å²) >= 11 is 0. The van der Waals surface area contributed by atoms with Gasteiger partial charge in [0.25, 0.3) is 0 Å². The first-order valence-corrected chi connectivity index (χ1v) is 10.5. The van der Waals surface area contributed by atoms with E-state index in [0.29, 0.717) is 29.1 Å². The summed E-state index contributed by atoms with van der Waals surface area (Å²) in [4.78, 5) is 28.6. The van der Waals surface area contributed by atoms with Crippen LogP contribution in [-0.4, -0.2) is 34.9 Å². The number of H-pyrrole nitrogens is 1. The predicted octanol–water partition coefficient (Wildman–Crippen LogP) is 3.94. The highest BCUT2D eigenvalue weighted by atomic mass is 16.5. The van der Waals surface area contributed by atoms with Crippen molar-refractivity contribution >= 4 is 11.8 Å². The second kappa shape index (κ2) is 6.77. The first-order valence-electron chi connectivity index (χ1n) is 10.5. The highest BCUT2D eigenvalue weighted by molar-refractivity contribution is 6.03. The van der Waals surface area contributed by atoms with Crippen LogP contribution < -0.4 is 5.32 Å². The molecule has 0 radical (unpaired) electrons. The Morgan fingerprint density at radius 2 is 1.70 bits per heavy atom. The number of carbonyl (C=O) groups excluding carboxylic acids is 2. The fraction of sp³-hybridized carbons (Fsp3) is 0.727. The van der Waals surface area contributed by atoms with E-state index in [2.05, 4.69) is 10.3 Å². The Kier molecular flexibility index (Phi) is 4.69. The number of Topliss-reactive ketones (excluding diaryl/α,β-unsaturated/α-hetero) is 1. The minimum absolute atomic E-state index is 0.0434. The summed E-state index contributed by atoms with van der Waals surface area (Å²) in [5.41, 5.74) is 2.59. The number of ketones is 1. The van der Waals surface area contributed by atoms with Crippen molar-refractivity contribution in [3.63, 3.8) is 0 Å². The van der Waals surface area contributed by atoms with Crippen molar-refractivity contribution in [1.29, 1.82) is 0 Å². The summed E-state index contributed by atoms with van der Waals surface area (Å²) in [5.74, 6) is 2.22. The summed E-state index contributed by atoms with van der Waals surface area (Å²) in [7, 11) is 0. The Morgan fingerprint density at radius 1 is 1.15 bits per heavy atom. The van der Waals surface area contributed by atoms with Gasteiger partial charge in [0.2, 0.25) is 0 Å². The number of esters is 1. The Labute approximate surface area is 161 Å². The van der Waals surface area contributed by atoms with Crippen LogP contribution in [0.5, 0.6) is 0 Å². The zero-order valence-electron chi connectivity index (χ0n) is 17.0. The number of carbonyl (C=O) groups is 2. The van der Waals surface area contributed by atoms with Crippen molar-refractivity contribution in [3.05, 3.63) is 22.5 Å². The quantitative estimate of drug-likeness (QED) is 0.586. The molecule has 5 heteroatoms. The smallest absolute Gasteiger partial charge is 0.340 e. The highest BCUT2D eigenvalue weighted by Gasteiger charge is 2.51. The lowest BCUT2D eigenvalue weighted by Gasteiger charge is -2.57. The van der Waals surface area contributed by atoms with Crippen molar-refractivity contribution in [2.75, 3.05) is 6.61 Å². The molecule has 4 bridgehead atoms. The molecule has 1 aromatic heterocycles. The van der Waals surface area contributed by atoms with Gasteiger partial charge in [0.15, 0.2) is 5.78 Å². The zero-order valence-corrected chi connectivity index (χ0v) is 17.0. The van der Waals surface area contributed by atoms with E-state index < -0.39 is 0 Å². The van der Waals surface area contributed by atoms with Gasteiger partial charge in [-0.25, -0.2) is 4.79 Å². The molecule has 1 heterocycles. The monoisotopic (exact) mass is 372 g/mol. The van der Waals surface area contributed by atoms with Gasteiger partial charge < -0.3 is 15.0 Å².